The van der Waals surface area contributed by atoms with E-state index in [-0.39, 0.29) is 18.9 Å². The minimum absolute atomic E-state index is 0.0594. The second-order valence-electron chi connectivity index (χ2n) is 10.0. The number of ketones is 1. The van der Waals surface area contributed by atoms with Crippen LogP contribution in [0.1, 0.15) is 48.0 Å². The maximum atomic E-state index is 12.9. The Kier molecular flexibility index (Phi) is 12.2. The van der Waals surface area contributed by atoms with Gasteiger partial charge in [0.1, 0.15) is 23.3 Å². The Morgan fingerprint density at radius 2 is 1.30 bits per heavy atom. The van der Waals surface area contributed by atoms with Crippen molar-refractivity contribution in [2.45, 2.75) is 90.5 Å². The highest BCUT2D eigenvalue weighted by molar-refractivity contribution is 5.98. The van der Waals surface area contributed by atoms with Gasteiger partial charge in [0.25, 0.3) is 0 Å². The van der Waals surface area contributed by atoms with Gasteiger partial charge in [0.05, 0.1) is 25.9 Å². The van der Waals surface area contributed by atoms with Crippen molar-refractivity contribution in [2.24, 2.45) is 5.92 Å². The van der Waals surface area contributed by atoms with Crippen molar-refractivity contribution >= 4 is 23.7 Å². The van der Waals surface area contributed by atoms with Crippen LogP contribution >= 0.6 is 0 Å². The number of hydrogen-bond donors (Lipinski definition) is 3. The summed E-state index contributed by atoms with van der Waals surface area (Å²) >= 11 is 0. The molecule has 1 rings (SSSR count). The molecule has 0 aromatic rings. The Hall–Kier alpha value is -2.52. The van der Waals surface area contributed by atoms with Gasteiger partial charge < -0.3 is 34.9 Å². The molecule has 1 aliphatic rings. The second-order valence-corrected chi connectivity index (χ2v) is 10.0. The van der Waals surface area contributed by atoms with Crippen molar-refractivity contribution in [2.75, 3.05) is 19.8 Å². The van der Waals surface area contributed by atoms with Crippen molar-refractivity contribution in [1.29, 1.82) is 0 Å². The molecule has 3 N–H and O–H groups in total. The molecule has 214 valence electrons. The number of nitrogens with one attached hydrogen (secondary N) is 3. The van der Waals surface area contributed by atoms with Crippen LogP contribution in [0, 0.1) is 5.92 Å². The van der Waals surface area contributed by atoms with E-state index >= 15 is 0 Å². The van der Waals surface area contributed by atoms with Crippen molar-refractivity contribution in [3.8, 4) is 0 Å². The van der Waals surface area contributed by atoms with Crippen LogP contribution in [-0.2, 0) is 33.3 Å². The monoisotopic (exact) mass is 545 g/mol. The van der Waals surface area contributed by atoms with Crippen LogP contribution in [0.3, 0.4) is 0 Å². The lowest BCUT2D eigenvalue weighted by Gasteiger charge is -2.27. The summed E-state index contributed by atoms with van der Waals surface area (Å²) in [4.78, 5) is 50.5. The molecule has 1 heterocycles. The molecule has 3 amide bonds. The average Bonchev–Trinajstić information content (AvgIpc) is 3.49. The van der Waals surface area contributed by atoms with Crippen LogP contribution in [0.25, 0.3) is 0 Å². The average molecular weight is 546 g/mol. The first-order valence-corrected chi connectivity index (χ1v) is 11.5. The highest BCUT2D eigenvalue weighted by Crippen LogP contribution is 2.29. The third-order valence-corrected chi connectivity index (χ3v) is 4.86. The number of rotatable bonds is 15. The first-order valence-electron chi connectivity index (χ1n) is 11.5. The van der Waals surface area contributed by atoms with Gasteiger partial charge in [-0.2, -0.15) is 17.6 Å². The molecule has 0 radical (unpaired) electrons. The lowest BCUT2D eigenvalue weighted by molar-refractivity contribution is -0.152. The molecular weight excluding hydrogens is 510 g/mol. The lowest BCUT2D eigenvalue weighted by Crippen LogP contribution is -2.59. The number of Topliss-reactive ketones (excluding diaryl/α,β-unsaturated/α-hetero) is 1. The van der Waals surface area contributed by atoms with Crippen LogP contribution in [0.15, 0.2) is 0 Å². The Balaban J connectivity index is 3.05. The van der Waals surface area contributed by atoms with E-state index < -0.39 is 79.5 Å². The van der Waals surface area contributed by atoms with Crippen LogP contribution in [-0.4, -0.2) is 86.1 Å². The van der Waals surface area contributed by atoms with Gasteiger partial charge in [-0.15, -0.1) is 0 Å². The van der Waals surface area contributed by atoms with E-state index in [0.29, 0.717) is 0 Å². The zero-order chi connectivity index (χ0) is 28.6. The highest BCUT2D eigenvalue weighted by Gasteiger charge is 2.50. The van der Waals surface area contributed by atoms with Crippen LogP contribution in [0.5, 0.6) is 0 Å². The maximum Gasteiger partial charge on any atom is 0.408 e. The van der Waals surface area contributed by atoms with Gasteiger partial charge in [0.15, 0.2) is 5.78 Å². The summed E-state index contributed by atoms with van der Waals surface area (Å²) in [7, 11) is 0. The number of alkyl halides is 4. The summed E-state index contributed by atoms with van der Waals surface area (Å²) in [6.07, 6.45) is -0.971. The molecule has 1 aliphatic heterocycles. The summed E-state index contributed by atoms with van der Waals surface area (Å²) in [5.41, 5.74) is -2.10. The van der Waals surface area contributed by atoms with E-state index in [0.717, 1.165) is 0 Å². The fourth-order valence-electron chi connectivity index (χ4n) is 3.02. The summed E-state index contributed by atoms with van der Waals surface area (Å²) in [6, 6.07) is -4.65. The topological polar surface area (TPSA) is 145 Å². The lowest BCUT2D eigenvalue weighted by atomic mass is 9.93. The number of halogens is 4. The molecule has 1 fully saturated rings. The number of amides is 3. The van der Waals surface area contributed by atoms with E-state index in [2.05, 4.69) is 20.1 Å². The summed E-state index contributed by atoms with van der Waals surface area (Å²) < 4.78 is 69.0. The van der Waals surface area contributed by atoms with E-state index in [1.54, 1.807) is 13.8 Å². The molecule has 0 spiro atoms. The predicted molar refractivity (Wildman–Crippen MR) is 120 cm³/mol. The fraction of sp³-hybridized carbons (Fsp3) is 0.818. The standard InChI is InChI=1S/C22H35F4N3O8/c1-11(2)7-12(15(30)22(6)10-36-22)27-16(31)13(8-34-18(23)24)28-17(32)14(9-35-19(25)26)29-20(33)37-21(3,4)5/h11-14,18-19H,7-10H2,1-6H3,(H,27,31)(H,28,32)(H,29,33)/t12-,13-,14-,22+/m0/s1. The molecule has 15 heteroatoms. The minimum atomic E-state index is -3.31. The largest absolute Gasteiger partial charge is 0.444 e. The molecule has 0 bridgehead atoms. The Morgan fingerprint density at radius 3 is 1.68 bits per heavy atom. The van der Waals surface area contributed by atoms with Gasteiger partial charge in [-0.05, 0) is 40.0 Å². The summed E-state index contributed by atoms with van der Waals surface area (Å²) in [6.45, 7) is 1.14. The van der Waals surface area contributed by atoms with Crippen molar-refractivity contribution in [3.63, 3.8) is 0 Å². The number of carbonyl (C=O) groups is 4. The van der Waals surface area contributed by atoms with Gasteiger partial charge in [-0.25, -0.2) is 4.79 Å². The first kappa shape index (κ1) is 32.5. The summed E-state index contributed by atoms with van der Waals surface area (Å²) in [5.74, 6) is -2.78. The molecular formula is C22H35F4N3O8. The van der Waals surface area contributed by atoms with Gasteiger partial charge >= 0.3 is 19.3 Å². The highest BCUT2D eigenvalue weighted by atomic mass is 19.3. The molecule has 0 aromatic heterocycles. The van der Waals surface area contributed by atoms with Crippen molar-refractivity contribution in [1.82, 2.24) is 16.0 Å². The molecule has 4 atom stereocenters. The Morgan fingerprint density at radius 1 is 0.865 bits per heavy atom. The fourth-order valence-corrected chi connectivity index (χ4v) is 3.02. The maximum absolute atomic E-state index is 12.9. The molecule has 0 aromatic carbocycles. The first-order chi connectivity index (χ1) is 16.9. The summed E-state index contributed by atoms with van der Waals surface area (Å²) in [5, 5.41) is 6.51. The van der Waals surface area contributed by atoms with Crippen molar-refractivity contribution in [3.05, 3.63) is 0 Å². The zero-order valence-electron chi connectivity index (χ0n) is 21.6. The molecule has 0 unspecified atom stereocenters. The smallest absolute Gasteiger partial charge is 0.408 e. The number of alkyl carbamates (subject to hydrolysis) is 1. The second kappa shape index (κ2) is 13.9. The third kappa shape index (κ3) is 12.5. The predicted octanol–water partition coefficient (Wildman–Crippen LogP) is 1.73. The molecule has 1 saturated heterocycles. The normalized spacial score (nSPS) is 19.8. The van der Waals surface area contributed by atoms with E-state index in [9.17, 15) is 36.7 Å². The number of hydrogen-bond acceptors (Lipinski definition) is 8. The number of epoxide rings is 1. The number of carbonyl (C=O) groups excluding carboxylic acids is 4. The molecule has 0 saturated carbocycles. The zero-order valence-corrected chi connectivity index (χ0v) is 21.6. The SMILES string of the molecule is CC(C)C[C@H](NC(=O)[C@H](COC(F)F)NC(=O)[C@H](COC(F)F)NC(=O)OC(C)(C)C)C(=O)[C@@]1(C)CO1. The van der Waals surface area contributed by atoms with E-state index in [4.69, 9.17) is 9.47 Å². The Labute approximate surface area is 212 Å². The van der Waals surface area contributed by atoms with Crippen LogP contribution in [0.2, 0.25) is 0 Å². The Bertz CT molecular complexity index is 803. The van der Waals surface area contributed by atoms with Gasteiger partial charge in [0.2, 0.25) is 11.8 Å². The van der Waals surface area contributed by atoms with E-state index in [1.165, 1.54) is 27.7 Å². The van der Waals surface area contributed by atoms with Gasteiger partial charge in [0, 0.05) is 0 Å². The van der Waals surface area contributed by atoms with Crippen molar-refractivity contribution < 1.29 is 55.7 Å². The third-order valence-electron chi connectivity index (χ3n) is 4.86. The molecule has 11 nitrogen and oxygen atoms in total. The van der Waals surface area contributed by atoms with Gasteiger partial charge in [-0.1, -0.05) is 13.8 Å². The minimum Gasteiger partial charge on any atom is -0.444 e. The van der Waals surface area contributed by atoms with Crippen LogP contribution < -0.4 is 16.0 Å². The molecule has 37 heavy (non-hydrogen) atoms. The number of ether oxygens (including phenoxy) is 4. The quantitative estimate of drug-likeness (QED) is 0.209. The van der Waals surface area contributed by atoms with Gasteiger partial charge in [-0.3, -0.25) is 14.4 Å². The molecule has 0 aliphatic carbocycles. The van der Waals surface area contributed by atoms with E-state index in [1.807, 2.05) is 5.32 Å². The van der Waals surface area contributed by atoms with Crippen LogP contribution in [0.4, 0.5) is 22.4 Å².